The first-order valence-corrected chi connectivity index (χ1v) is 13.5. The third-order valence-corrected chi connectivity index (χ3v) is 7.74. The molecule has 0 atom stereocenters. The van der Waals surface area contributed by atoms with Gasteiger partial charge in [0.25, 0.3) is 16.8 Å². The van der Waals surface area contributed by atoms with Crippen molar-refractivity contribution in [1.82, 2.24) is 9.47 Å². The Morgan fingerprint density at radius 1 is 0.875 bits per heavy atom. The number of benzene rings is 4. The molecule has 0 unspecified atom stereocenters. The molecule has 0 spiro atoms. The second kappa shape index (κ2) is 10.7. The molecular formula is C31H23N3O5S. The first-order chi connectivity index (χ1) is 19.5. The molecular weight excluding hydrogens is 526 g/mol. The number of nitrogens with zero attached hydrogens (tertiary/aromatic N) is 3. The molecule has 5 aromatic rings. The highest BCUT2D eigenvalue weighted by molar-refractivity contribution is 8.18. The third kappa shape index (κ3) is 4.83. The van der Waals surface area contributed by atoms with Crippen molar-refractivity contribution < 1.29 is 19.2 Å². The van der Waals surface area contributed by atoms with Crippen molar-refractivity contribution in [3.63, 3.8) is 0 Å². The number of carbonyl (C=O) groups is 2. The molecule has 9 heteroatoms. The molecule has 0 aliphatic carbocycles. The Morgan fingerprint density at radius 2 is 1.60 bits per heavy atom. The number of carbonyl (C=O) groups excluding carboxylic acids is 2. The van der Waals surface area contributed by atoms with Gasteiger partial charge in [-0.1, -0.05) is 72.8 Å². The van der Waals surface area contributed by atoms with E-state index < -0.39 is 0 Å². The molecule has 1 aromatic heterocycles. The number of hydrogen-bond acceptors (Lipinski definition) is 6. The van der Waals surface area contributed by atoms with Crippen LogP contribution < -0.4 is 4.74 Å². The summed E-state index contributed by atoms with van der Waals surface area (Å²) in [4.78, 5) is 38.6. The number of rotatable bonds is 8. The highest BCUT2D eigenvalue weighted by Crippen LogP contribution is 2.35. The molecule has 0 N–H and O–H groups in total. The monoisotopic (exact) mass is 549 g/mol. The number of imide groups is 1. The van der Waals surface area contributed by atoms with E-state index in [2.05, 4.69) is 0 Å². The summed E-state index contributed by atoms with van der Waals surface area (Å²) in [5.41, 5.74) is 2.25. The second-order valence-corrected chi connectivity index (χ2v) is 10.3. The normalized spacial score (nSPS) is 14.5. The number of hydrogen-bond donors (Lipinski definition) is 0. The average Bonchev–Trinajstić information content (AvgIpc) is 3.44. The number of thioether (sulfide) groups is 1. The lowest BCUT2D eigenvalue weighted by Crippen LogP contribution is -2.32. The summed E-state index contributed by atoms with van der Waals surface area (Å²) < 4.78 is 7.87. The van der Waals surface area contributed by atoms with Crippen LogP contribution in [0.25, 0.3) is 27.8 Å². The van der Waals surface area contributed by atoms with Crippen molar-refractivity contribution in [1.29, 1.82) is 0 Å². The molecule has 198 valence electrons. The van der Waals surface area contributed by atoms with Gasteiger partial charge in [0.2, 0.25) is 0 Å². The van der Waals surface area contributed by atoms with E-state index in [4.69, 9.17) is 4.74 Å². The number of amides is 2. The predicted octanol–water partition coefficient (Wildman–Crippen LogP) is 6.87. The summed E-state index contributed by atoms with van der Waals surface area (Å²) in [7, 11) is 0. The fraction of sp³-hybridized carbons (Fsp3) is 0.0968. The van der Waals surface area contributed by atoms with Gasteiger partial charge in [0, 0.05) is 39.7 Å². The van der Waals surface area contributed by atoms with Gasteiger partial charge in [-0.15, -0.1) is 0 Å². The van der Waals surface area contributed by atoms with E-state index in [0.717, 1.165) is 39.0 Å². The summed E-state index contributed by atoms with van der Waals surface area (Å²) in [6.07, 6.45) is 3.58. The maximum Gasteiger partial charge on any atom is 0.293 e. The maximum absolute atomic E-state index is 13.2. The van der Waals surface area contributed by atoms with Gasteiger partial charge in [-0.25, -0.2) is 0 Å². The molecule has 8 nitrogen and oxygen atoms in total. The zero-order valence-corrected chi connectivity index (χ0v) is 22.0. The Morgan fingerprint density at radius 3 is 2.45 bits per heavy atom. The van der Waals surface area contributed by atoms with Crippen molar-refractivity contribution >= 4 is 56.3 Å². The lowest BCUT2D eigenvalue weighted by atomic mass is 10.1. The zero-order chi connectivity index (χ0) is 27.6. The smallest absolute Gasteiger partial charge is 0.293 e. The summed E-state index contributed by atoms with van der Waals surface area (Å²) in [6.45, 7) is 0.595. The van der Waals surface area contributed by atoms with Crippen molar-refractivity contribution in [3.05, 3.63) is 123 Å². The van der Waals surface area contributed by atoms with Crippen LogP contribution in [0.5, 0.6) is 5.75 Å². The van der Waals surface area contributed by atoms with Gasteiger partial charge in [-0.2, -0.15) is 0 Å². The van der Waals surface area contributed by atoms with Gasteiger partial charge in [-0.3, -0.25) is 24.6 Å². The topological polar surface area (TPSA) is 94.7 Å². The van der Waals surface area contributed by atoms with E-state index in [0.29, 0.717) is 22.8 Å². The van der Waals surface area contributed by atoms with Gasteiger partial charge in [0.15, 0.2) is 0 Å². The molecule has 2 heterocycles. The summed E-state index contributed by atoms with van der Waals surface area (Å²) in [5, 5.41) is 14.1. The molecule has 0 saturated carbocycles. The summed E-state index contributed by atoms with van der Waals surface area (Å²) >= 11 is 0.898. The first kappa shape index (κ1) is 25.4. The van der Waals surface area contributed by atoms with E-state index in [1.807, 2.05) is 77.5 Å². The van der Waals surface area contributed by atoms with Crippen LogP contribution in [0.1, 0.15) is 11.1 Å². The summed E-state index contributed by atoms with van der Waals surface area (Å²) in [6, 6.07) is 27.9. The molecule has 1 aliphatic heterocycles. The Kier molecular flexibility index (Phi) is 6.79. The van der Waals surface area contributed by atoms with Crippen LogP contribution >= 0.6 is 11.8 Å². The second-order valence-electron chi connectivity index (χ2n) is 9.27. The minimum absolute atomic E-state index is 0.0497. The highest BCUT2D eigenvalue weighted by Gasteiger charge is 2.35. The molecule has 2 amide bonds. The van der Waals surface area contributed by atoms with E-state index in [1.54, 1.807) is 24.3 Å². The van der Waals surface area contributed by atoms with Gasteiger partial charge >= 0.3 is 0 Å². The van der Waals surface area contributed by atoms with Crippen LogP contribution in [0.4, 0.5) is 10.5 Å². The van der Waals surface area contributed by atoms with Crippen LogP contribution in [-0.2, 0) is 11.3 Å². The lowest BCUT2D eigenvalue weighted by Gasteiger charge is -2.14. The number of aromatic nitrogens is 1. The average molecular weight is 550 g/mol. The van der Waals surface area contributed by atoms with E-state index in [9.17, 15) is 19.7 Å². The standard InChI is InChI=1S/C31H23N3O5S/c35-30-29(40-31(36)33(30)16-17-39-28-15-7-10-21-8-1-3-12-25(21)28)18-23-20-32(27-14-6-4-11-24(23)27)19-22-9-2-5-13-26(22)34(37)38/h1-15,18,20H,16-17,19H2/b29-18-. The van der Waals surface area contributed by atoms with Crippen molar-refractivity contribution in [2.75, 3.05) is 13.2 Å². The SMILES string of the molecule is O=C1S/C(=C\c2cn(Cc3ccccc3[N+](=O)[O-])c3ccccc23)C(=O)N1CCOc1cccc2ccccc12. The maximum atomic E-state index is 13.2. The number of para-hydroxylation sites is 2. The highest BCUT2D eigenvalue weighted by atomic mass is 32.2. The van der Waals surface area contributed by atoms with Gasteiger partial charge < -0.3 is 9.30 Å². The Balaban J connectivity index is 1.22. The first-order valence-electron chi connectivity index (χ1n) is 12.7. The largest absolute Gasteiger partial charge is 0.491 e. The van der Waals surface area contributed by atoms with Crippen molar-refractivity contribution in [3.8, 4) is 5.75 Å². The minimum atomic E-state index is -0.387. The molecule has 4 aromatic carbocycles. The quantitative estimate of drug-likeness (QED) is 0.119. The molecule has 40 heavy (non-hydrogen) atoms. The molecule has 0 bridgehead atoms. The van der Waals surface area contributed by atoms with E-state index >= 15 is 0 Å². The number of nitro benzene ring substituents is 1. The molecule has 1 saturated heterocycles. The molecule has 6 rings (SSSR count). The zero-order valence-electron chi connectivity index (χ0n) is 21.2. The number of nitro groups is 1. The van der Waals surface area contributed by atoms with Crippen LogP contribution in [-0.4, -0.2) is 38.7 Å². The van der Waals surface area contributed by atoms with Crippen LogP contribution in [0, 0.1) is 10.1 Å². The van der Waals surface area contributed by atoms with Crippen LogP contribution in [0.2, 0.25) is 0 Å². The fourth-order valence-corrected chi connectivity index (χ4v) is 5.79. The van der Waals surface area contributed by atoms with Crippen LogP contribution in [0.15, 0.2) is 102 Å². The lowest BCUT2D eigenvalue weighted by molar-refractivity contribution is -0.385. The van der Waals surface area contributed by atoms with Gasteiger partial charge in [-0.05, 0) is 35.4 Å². The number of fused-ring (bicyclic) bond motifs is 2. The Labute approximate surface area is 233 Å². The molecule has 0 radical (unpaired) electrons. The van der Waals surface area contributed by atoms with Gasteiger partial charge in [0.05, 0.1) is 22.9 Å². The number of ether oxygens (including phenoxy) is 1. The Hall–Kier alpha value is -4.89. The Bertz CT molecular complexity index is 1820. The summed E-state index contributed by atoms with van der Waals surface area (Å²) in [5.74, 6) is 0.333. The van der Waals surface area contributed by atoms with Crippen molar-refractivity contribution in [2.24, 2.45) is 0 Å². The third-order valence-electron chi connectivity index (χ3n) is 6.83. The van der Waals surface area contributed by atoms with Crippen molar-refractivity contribution in [2.45, 2.75) is 6.54 Å². The molecule has 1 fully saturated rings. The van der Waals surface area contributed by atoms with E-state index in [1.165, 1.54) is 11.0 Å². The van der Waals surface area contributed by atoms with E-state index in [-0.39, 0.29) is 34.9 Å². The minimum Gasteiger partial charge on any atom is -0.491 e. The van der Waals surface area contributed by atoms with Crippen LogP contribution in [0.3, 0.4) is 0 Å². The van der Waals surface area contributed by atoms with Gasteiger partial charge in [0.1, 0.15) is 12.4 Å². The predicted molar refractivity (Wildman–Crippen MR) is 156 cm³/mol. The molecule has 1 aliphatic rings. The fourth-order valence-electron chi connectivity index (χ4n) is 4.93.